The summed E-state index contributed by atoms with van der Waals surface area (Å²) in [5, 5.41) is -3.14. The fraction of sp³-hybridized carbons (Fsp3) is 1.00. The van der Waals surface area contributed by atoms with E-state index >= 15 is 0 Å². The maximum atomic E-state index is 12.4. The first-order chi connectivity index (χ1) is 26.6. The van der Waals surface area contributed by atoms with Crippen LogP contribution in [0, 0.1) is 23.7 Å². The normalized spacial score (nSPS) is 33.1. The predicted molar refractivity (Wildman–Crippen MR) is 234 cm³/mol. The van der Waals surface area contributed by atoms with Crippen LogP contribution in [0.15, 0.2) is 0 Å². The average molecular weight is 925 g/mol. The molecule has 12 unspecified atom stereocenters. The van der Waals surface area contributed by atoms with Gasteiger partial charge in [-0.05, 0) is 168 Å². The highest BCUT2D eigenvalue weighted by Gasteiger charge is 2.45. The van der Waals surface area contributed by atoms with Crippen LogP contribution in [0.1, 0.15) is 163 Å². The molecule has 0 saturated heterocycles. The Morgan fingerprint density at radius 2 is 0.614 bits per heavy atom. The molecule has 12 atom stereocenters. The molecule has 0 aromatic heterocycles. The summed E-state index contributed by atoms with van der Waals surface area (Å²) < 4.78 is 140. The van der Waals surface area contributed by atoms with Crippen molar-refractivity contribution in [3.05, 3.63) is 0 Å². The molecular weight excluding hydrogens is 851 g/mol. The summed E-state index contributed by atoms with van der Waals surface area (Å²) in [6.07, 6.45) is 16.0. The quantitative estimate of drug-likeness (QED) is 0.0664. The van der Waals surface area contributed by atoms with E-state index in [9.17, 15) is 51.9 Å². The van der Waals surface area contributed by atoms with Crippen LogP contribution in [-0.4, -0.2) is 108 Å². The first-order valence-electron chi connectivity index (χ1n) is 22.0. The van der Waals surface area contributed by atoms with Crippen LogP contribution in [0.25, 0.3) is 0 Å². The Hall–Kier alpha value is 0.500. The van der Waals surface area contributed by atoms with Gasteiger partial charge in [0, 0.05) is 0 Å². The molecule has 0 radical (unpaired) electrons. The Bertz CT molecular complexity index is 1470. The summed E-state index contributed by atoms with van der Waals surface area (Å²) in [7, 11) is -18.3. The molecule has 0 aliphatic heterocycles. The smallest absolute Gasteiger partial charge is 0.267 e. The minimum Gasteiger partial charge on any atom is -0.285 e. The Balaban J connectivity index is 1.70. The molecule has 0 bridgehead atoms. The molecule has 57 heavy (non-hydrogen) atoms. The Morgan fingerprint density at radius 1 is 0.404 bits per heavy atom. The fourth-order valence-electron chi connectivity index (χ4n) is 12.1. The van der Waals surface area contributed by atoms with E-state index in [0.29, 0.717) is 51.4 Å². The van der Waals surface area contributed by atoms with Gasteiger partial charge in [-0.3, -0.25) is 18.2 Å². The van der Waals surface area contributed by atoms with Gasteiger partial charge in [-0.25, -0.2) is 0 Å². The summed E-state index contributed by atoms with van der Waals surface area (Å²) in [6, 6.07) is 0. The average Bonchev–Trinajstić information content (AvgIpc) is 3.15. The van der Waals surface area contributed by atoms with Crippen LogP contribution < -0.4 is 0 Å². The summed E-state index contributed by atoms with van der Waals surface area (Å²) in [5.74, 6) is 0.460. The number of hydrogen-bond acceptors (Lipinski definition) is 8. The van der Waals surface area contributed by atoms with E-state index in [2.05, 4.69) is 27.7 Å². The van der Waals surface area contributed by atoms with Gasteiger partial charge < -0.3 is 0 Å². The van der Waals surface area contributed by atoms with Gasteiger partial charge >= 0.3 is 0 Å². The van der Waals surface area contributed by atoms with Crippen molar-refractivity contribution in [3.8, 4) is 0 Å². The van der Waals surface area contributed by atoms with Crippen LogP contribution in [-0.2, 0) is 40.5 Å². The van der Waals surface area contributed by atoms with Gasteiger partial charge in [-0.2, -0.15) is 33.7 Å². The molecular formula is C39H74O12P2S4. The zero-order chi connectivity index (χ0) is 42.3. The van der Waals surface area contributed by atoms with Crippen molar-refractivity contribution in [2.24, 2.45) is 23.7 Å². The summed E-state index contributed by atoms with van der Waals surface area (Å²) in [5.41, 5.74) is 0.883. The predicted octanol–water partition coefficient (Wildman–Crippen LogP) is 9.24. The van der Waals surface area contributed by atoms with Gasteiger partial charge in [0.1, 0.15) is 0 Å². The van der Waals surface area contributed by atoms with E-state index in [0.717, 1.165) is 95.8 Å². The van der Waals surface area contributed by atoms with E-state index in [-0.39, 0.29) is 46.3 Å². The lowest BCUT2D eigenvalue weighted by Gasteiger charge is -2.46. The van der Waals surface area contributed by atoms with Gasteiger partial charge in [0.15, 0.2) is 0 Å². The first-order valence-corrected chi connectivity index (χ1v) is 31.3. The lowest BCUT2D eigenvalue weighted by molar-refractivity contribution is 0.313. The van der Waals surface area contributed by atoms with E-state index in [1.807, 2.05) is 0 Å². The van der Waals surface area contributed by atoms with Crippen LogP contribution in [0.2, 0.25) is 0 Å². The SMILES string of the molecule is CCC(C1CCCC(S(=O)(=O)O)C1)P(CCCP(C(CC)C1CCCC(S(=O)(=O)O)C1)C(CC)C1CCCC(S(=O)(=O)O)C1)C(CC)C1CCCC(S(=O)(=O)O)C1. The summed E-state index contributed by atoms with van der Waals surface area (Å²) in [6.45, 7) is 8.68. The molecule has 4 rings (SSSR count). The van der Waals surface area contributed by atoms with Gasteiger partial charge in [0.2, 0.25) is 0 Å². The van der Waals surface area contributed by atoms with Crippen molar-refractivity contribution in [2.45, 2.75) is 206 Å². The molecule has 4 fully saturated rings. The van der Waals surface area contributed by atoms with E-state index in [4.69, 9.17) is 0 Å². The van der Waals surface area contributed by atoms with Crippen molar-refractivity contribution in [3.63, 3.8) is 0 Å². The van der Waals surface area contributed by atoms with Gasteiger partial charge in [-0.15, -0.1) is 0 Å². The molecule has 0 aromatic rings. The molecule has 0 heterocycles. The van der Waals surface area contributed by atoms with Crippen molar-refractivity contribution in [2.75, 3.05) is 12.3 Å². The molecule has 18 heteroatoms. The highest BCUT2D eigenvalue weighted by atomic mass is 32.2. The highest BCUT2D eigenvalue weighted by molar-refractivity contribution is 7.87. The van der Waals surface area contributed by atoms with E-state index in [1.165, 1.54) is 0 Å². The third-order valence-electron chi connectivity index (χ3n) is 14.7. The van der Waals surface area contributed by atoms with Gasteiger partial charge in [-0.1, -0.05) is 69.2 Å². The van der Waals surface area contributed by atoms with Crippen molar-refractivity contribution >= 4 is 56.3 Å². The minimum absolute atomic E-state index is 0.115. The standard InChI is InChI=1S/C39H74O12P2S4/c1-5-36(28-14-9-18-32(24-28)54(40,41)42)52(37(6-2)29-15-10-19-33(25-29)55(43,44)45)22-13-23-53(38(7-3)30-16-11-20-34(26-30)56(46,47)48)39(8-4)31-17-12-21-35(27-31)57(49,50)51/h28-39H,5-27H2,1-4H3,(H,40,41,42)(H,43,44,45)(H,46,47,48)(H,49,50,51). The van der Waals surface area contributed by atoms with Gasteiger partial charge in [0.25, 0.3) is 40.5 Å². The summed E-state index contributed by atoms with van der Waals surface area (Å²) in [4.78, 5) is 0. The minimum atomic E-state index is -4.19. The Labute approximate surface area is 348 Å². The van der Waals surface area contributed by atoms with Crippen molar-refractivity contribution < 1.29 is 51.9 Å². The Morgan fingerprint density at radius 3 is 0.789 bits per heavy atom. The topological polar surface area (TPSA) is 217 Å². The monoisotopic (exact) mass is 924 g/mol. The molecule has 0 amide bonds. The van der Waals surface area contributed by atoms with Crippen LogP contribution in [0.5, 0.6) is 0 Å². The van der Waals surface area contributed by atoms with Crippen LogP contribution >= 0.6 is 15.8 Å². The Kier molecular flexibility index (Phi) is 19.1. The van der Waals surface area contributed by atoms with E-state index in [1.54, 1.807) is 0 Å². The van der Waals surface area contributed by atoms with E-state index < -0.39 is 77.3 Å². The molecule has 0 spiro atoms. The zero-order valence-electron chi connectivity index (χ0n) is 34.8. The molecule has 4 N–H and O–H groups in total. The number of rotatable bonds is 20. The maximum Gasteiger partial charge on any atom is 0.267 e. The molecule has 4 saturated carbocycles. The molecule has 12 nitrogen and oxygen atoms in total. The second-order valence-corrected chi connectivity index (χ2v) is 30.4. The molecule has 336 valence electrons. The lowest BCUT2D eigenvalue weighted by atomic mass is 9.85. The zero-order valence-corrected chi connectivity index (χ0v) is 39.8. The van der Waals surface area contributed by atoms with Crippen molar-refractivity contribution in [1.82, 2.24) is 0 Å². The molecule has 4 aliphatic carbocycles. The highest BCUT2D eigenvalue weighted by Crippen LogP contribution is 2.62. The largest absolute Gasteiger partial charge is 0.285 e. The summed E-state index contributed by atoms with van der Waals surface area (Å²) >= 11 is 0. The van der Waals surface area contributed by atoms with Gasteiger partial charge in [0.05, 0.1) is 21.0 Å². The molecule has 4 aliphatic rings. The second kappa shape index (κ2) is 21.7. The third-order valence-corrected chi connectivity index (χ3v) is 28.0. The molecule has 0 aromatic carbocycles. The van der Waals surface area contributed by atoms with Crippen LogP contribution in [0.4, 0.5) is 0 Å². The second-order valence-electron chi connectivity index (χ2n) is 18.0. The maximum absolute atomic E-state index is 12.4. The number of hydrogen-bond donors (Lipinski definition) is 4. The first kappa shape index (κ1) is 50.1. The fourth-order valence-corrected chi connectivity index (χ4v) is 24.7. The van der Waals surface area contributed by atoms with Crippen LogP contribution in [0.3, 0.4) is 0 Å². The lowest BCUT2D eigenvalue weighted by Crippen LogP contribution is -2.38. The third kappa shape index (κ3) is 13.7. The van der Waals surface area contributed by atoms with Crippen molar-refractivity contribution in [1.29, 1.82) is 0 Å².